The third-order valence-corrected chi connectivity index (χ3v) is 4.78. The Labute approximate surface area is 189 Å². The second kappa shape index (κ2) is 11.0. The third kappa shape index (κ3) is 5.85. The fourth-order valence-corrected chi connectivity index (χ4v) is 3.17. The first-order chi connectivity index (χ1) is 13.6. The first-order valence-electron chi connectivity index (χ1n) is 9.68. The summed E-state index contributed by atoms with van der Waals surface area (Å²) in [6, 6.07) is 14.5. The number of hydrogen-bond acceptors (Lipinski definition) is 3. The van der Waals surface area contributed by atoms with Crippen LogP contribution in [0.5, 0.6) is 5.75 Å². The summed E-state index contributed by atoms with van der Waals surface area (Å²) < 4.78 is 7.51. The van der Waals surface area contributed by atoms with Gasteiger partial charge in [0.05, 0.1) is 18.1 Å². The van der Waals surface area contributed by atoms with Gasteiger partial charge in [0.2, 0.25) is 0 Å². The molecule has 156 valence electrons. The van der Waals surface area contributed by atoms with Crippen LogP contribution in [0, 0.1) is 6.92 Å². The zero-order valence-corrected chi connectivity index (χ0v) is 19.9. The number of methoxy groups -OCH3 is 1. The van der Waals surface area contributed by atoms with Gasteiger partial charge in [-0.3, -0.25) is 0 Å². The van der Waals surface area contributed by atoms with Crippen molar-refractivity contribution >= 4 is 41.0 Å². The summed E-state index contributed by atoms with van der Waals surface area (Å²) in [6.07, 6.45) is 0.896. The van der Waals surface area contributed by atoms with Gasteiger partial charge in [-0.15, -0.1) is 24.0 Å². The second-order valence-electron chi connectivity index (χ2n) is 6.75. The molecule has 0 atom stereocenters. The molecule has 0 spiro atoms. The van der Waals surface area contributed by atoms with Gasteiger partial charge in [0.1, 0.15) is 18.1 Å². The standard InChI is InChI=1S/C22H29N5O.HI/c1-5-23-22(24-13-12-17-11-10-16(2)20(14-17)28-4)25-15-21-26-18-8-6-7-9-19(18)27(21)3;/h6-11,14H,5,12-13,15H2,1-4H3,(H2,23,24,25);1H. The fourth-order valence-electron chi connectivity index (χ4n) is 3.17. The van der Waals surface area contributed by atoms with Crippen LogP contribution in [0.25, 0.3) is 11.0 Å². The number of hydrogen-bond donors (Lipinski definition) is 2. The van der Waals surface area contributed by atoms with Crippen LogP contribution in [0.3, 0.4) is 0 Å². The number of rotatable bonds is 7. The Morgan fingerprint density at radius 3 is 2.69 bits per heavy atom. The molecule has 0 saturated heterocycles. The van der Waals surface area contributed by atoms with Crippen LogP contribution in [0.2, 0.25) is 0 Å². The number of nitrogens with one attached hydrogen (secondary N) is 2. The number of ether oxygens (including phenoxy) is 1. The molecule has 0 bridgehead atoms. The van der Waals surface area contributed by atoms with E-state index in [9.17, 15) is 0 Å². The van der Waals surface area contributed by atoms with Gasteiger partial charge in [0, 0.05) is 20.1 Å². The minimum atomic E-state index is 0. The van der Waals surface area contributed by atoms with E-state index in [-0.39, 0.29) is 24.0 Å². The summed E-state index contributed by atoms with van der Waals surface area (Å²) in [5, 5.41) is 6.71. The van der Waals surface area contributed by atoms with Gasteiger partial charge in [-0.05, 0) is 49.6 Å². The highest BCUT2D eigenvalue weighted by atomic mass is 127. The van der Waals surface area contributed by atoms with Gasteiger partial charge in [-0.2, -0.15) is 0 Å². The van der Waals surface area contributed by atoms with E-state index in [1.54, 1.807) is 7.11 Å². The number of nitrogens with zero attached hydrogens (tertiary/aromatic N) is 3. The van der Waals surface area contributed by atoms with E-state index in [2.05, 4.69) is 58.3 Å². The first kappa shape index (κ1) is 23.0. The Bertz CT molecular complexity index is 967. The Balaban J connectivity index is 0.00000300. The molecule has 1 heterocycles. The van der Waals surface area contributed by atoms with Crippen LogP contribution in [0.4, 0.5) is 0 Å². The van der Waals surface area contributed by atoms with Gasteiger partial charge in [0.15, 0.2) is 5.96 Å². The Kier molecular flexibility index (Phi) is 8.75. The van der Waals surface area contributed by atoms with Gasteiger partial charge in [-0.25, -0.2) is 9.98 Å². The maximum Gasteiger partial charge on any atom is 0.191 e. The van der Waals surface area contributed by atoms with E-state index < -0.39 is 0 Å². The van der Waals surface area contributed by atoms with E-state index in [1.807, 2.05) is 25.2 Å². The number of benzene rings is 2. The summed E-state index contributed by atoms with van der Waals surface area (Å²) in [4.78, 5) is 9.39. The van der Waals surface area contributed by atoms with Crippen molar-refractivity contribution in [3.8, 4) is 5.75 Å². The molecule has 2 aromatic carbocycles. The minimum Gasteiger partial charge on any atom is -0.496 e. The van der Waals surface area contributed by atoms with E-state index in [0.29, 0.717) is 6.54 Å². The molecule has 0 unspecified atom stereocenters. The second-order valence-corrected chi connectivity index (χ2v) is 6.75. The number of para-hydroxylation sites is 2. The maximum absolute atomic E-state index is 5.41. The smallest absolute Gasteiger partial charge is 0.191 e. The van der Waals surface area contributed by atoms with E-state index in [1.165, 1.54) is 5.56 Å². The predicted octanol–water partition coefficient (Wildman–Crippen LogP) is 3.81. The monoisotopic (exact) mass is 507 g/mol. The van der Waals surface area contributed by atoms with E-state index >= 15 is 0 Å². The van der Waals surface area contributed by atoms with Crippen molar-refractivity contribution in [3.63, 3.8) is 0 Å². The van der Waals surface area contributed by atoms with Crippen molar-refractivity contribution in [1.82, 2.24) is 20.2 Å². The number of imidazole rings is 1. The van der Waals surface area contributed by atoms with Crippen LogP contribution in [-0.4, -0.2) is 35.7 Å². The van der Waals surface area contributed by atoms with Crippen molar-refractivity contribution < 1.29 is 4.74 Å². The normalized spacial score (nSPS) is 11.2. The van der Waals surface area contributed by atoms with Crippen molar-refractivity contribution in [2.45, 2.75) is 26.8 Å². The van der Waals surface area contributed by atoms with Crippen molar-refractivity contribution in [1.29, 1.82) is 0 Å². The summed E-state index contributed by atoms with van der Waals surface area (Å²) in [5.74, 6) is 2.68. The topological polar surface area (TPSA) is 63.5 Å². The quantitative estimate of drug-likeness (QED) is 0.290. The van der Waals surface area contributed by atoms with Crippen molar-refractivity contribution in [3.05, 3.63) is 59.4 Å². The van der Waals surface area contributed by atoms with Crippen LogP contribution in [-0.2, 0) is 20.0 Å². The molecular formula is C22H30IN5O. The molecule has 3 aromatic rings. The number of fused-ring (bicyclic) bond motifs is 1. The third-order valence-electron chi connectivity index (χ3n) is 4.78. The van der Waals surface area contributed by atoms with Crippen LogP contribution in [0.15, 0.2) is 47.5 Å². The molecule has 6 nitrogen and oxygen atoms in total. The van der Waals surface area contributed by atoms with Gasteiger partial charge < -0.3 is 19.9 Å². The molecule has 0 saturated carbocycles. The summed E-state index contributed by atoms with van der Waals surface area (Å²) >= 11 is 0. The van der Waals surface area contributed by atoms with Gasteiger partial charge >= 0.3 is 0 Å². The van der Waals surface area contributed by atoms with E-state index in [4.69, 9.17) is 9.73 Å². The molecule has 7 heteroatoms. The molecular weight excluding hydrogens is 477 g/mol. The highest BCUT2D eigenvalue weighted by Crippen LogP contribution is 2.19. The highest BCUT2D eigenvalue weighted by molar-refractivity contribution is 14.0. The lowest BCUT2D eigenvalue weighted by molar-refractivity contribution is 0.411. The number of guanidine groups is 1. The number of aliphatic imine (C=N–C) groups is 1. The number of aryl methyl sites for hydroxylation is 2. The lowest BCUT2D eigenvalue weighted by atomic mass is 10.1. The SMILES string of the molecule is CCNC(=NCc1nc2ccccc2n1C)NCCc1ccc(C)c(OC)c1.I. The zero-order chi connectivity index (χ0) is 19.9. The lowest BCUT2D eigenvalue weighted by Crippen LogP contribution is -2.38. The molecule has 29 heavy (non-hydrogen) atoms. The Hall–Kier alpha value is -2.29. The van der Waals surface area contributed by atoms with Crippen molar-refractivity contribution in [2.24, 2.45) is 12.0 Å². The molecule has 0 aliphatic heterocycles. The summed E-state index contributed by atoms with van der Waals surface area (Å²) in [7, 11) is 3.74. The van der Waals surface area contributed by atoms with Gasteiger partial charge in [-0.1, -0.05) is 24.3 Å². The number of halogens is 1. The average molecular weight is 507 g/mol. The maximum atomic E-state index is 5.41. The zero-order valence-electron chi connectivity index (χ0n) is 17.5. The molecule has 0 radical (unpaired) electrons. The molecule has 2 N–H and O–H groups in total. The minimum absolute atomic E-state index is 0. The molecule has 0 aliphatic carbocycles. The largest absolute Gasteiger partial charge is 0.496 e. The first-order valence-corrected chi connectivity index (χ1v) is 9.68. The predicted molar refractivity (Wildman–Crippen MR) is 130 cm³/mol. The summed E-state index contributed by atoms with van der Waals surface area (Å²) in [5.41, 5.74) is 4.51. The lowest BCUT2D eigenvalue weighted by Gasteiger charge is -2.12. The molecule has 0 fully saturated rings. The van der Waals surface area contributed by atoms with Crippen LogP contribution in [0.1, 0.15) is 23.9 Å². The molecule has 0 aliphatic rings. The van der Waals surface area contributed by atoms with Crippen molar-refractivity contribution in [2.75, 3.05) is 20.2 Å². The summed E-state index contributed by atoms with van der Waals surface area (Å²) in [6.45, 7) is 6.25. The average Bonchev–Trinajstić information content (AvgIpc) is 3.03. The molecule has 3 rings (SSSR count). The Morgan fingerprint density at radius 2 is 1.97 bits per heavy atom. The number of aromatic nitrogens is 2. The van der Waals surface area contributed by atoms with Crippen LogP contribution >= 0.6 is 24.0 Å². The highest BCUT2D eigenvalue weighted by Gasteiger charge is 2.07. The van der Waals surface area contributed by atoms with E-state index in [0.717, 1.165) is 53.6 Å². The Morgan fingerprint density at radius 1 is 1.17 bits per heavy atom. The fraction of sp³-hybridized carbons (Fsp3) is 0.364. The van der Waals surface area contributed by atoms with Gasteiger partial charge in [0.25, 0.3) is 0 Å². The van der Waals surface area contributed by atoms with Crippen LogP contribution < -0.4 is 15.4 Å². The molecule has 0 amide bonds. The molecule has 1 aromatic heterocycles.